The zero-order chi connectivity index (χ0) is 7.40. The minimum Gasteiger partial charge on any atom is -0.314 e. The van der Waals surface area contributed by atoms with E-state index in [-0.39, 0.29) is 0 Å². The van der Waals surface area contributed by atoms with Gasteiger partial charge in [0.1, 0.15) is 6.29 Å². The maximum atomic E-state index is 9.87. The van der Waals surface area contributed by atoms with Gasteiger partial charge in [-0.25, -0.2) is 0 Å². The maximum absolute atomic E-state index is 9.87. The summed E-state index contributed by atoms with van der Waals surface area (Å²) in [4.78, 5) is 9.87. The van der Waals surface area contributed by atoms with Crippen molar-refractivity contribution in [1.82, 2.24) is 5.06 Å². The van der Waals surface area contributed by atoms with Gasteiger partial charge in [-0.3, -0.25) is 0 Å². The van der Waals surface area contributed by atoms with Crippen LogP contribution in [0.25, 0.3) is 0 Å². The van der Waals surface area contributed by atoms with Crippen molar-refractivity contribution < 1.29 is 10.0 Å². The molecular weight excluding hydrogens is 130 g/mol. The Balaban J connectivity index is 1.95. The predicted octanol–water partition coefficient (Wildman–Crippen LogP) is 0.819. The molecule has 1 fully saturated rings. The SMILES string of the molecule is O=CCCCN(O)C1CC1. The summed E-state index contributed by atoms with van der Waals surface area (Å²) in [6, 6.07) is 0.395. The van der Waals surface area contributed by atoms with Crippen LogP contribution in [0.2, 0.25) is 0 Å². The Morgan fingerprint density at radius 1 is 1.60 bits per heavy atom. The van der Waals surface area contributed by atoms with E-state index < -0.39 is 0 Å². The van der Waals surface area contributed by atoms with Gasteiger partial charge in [-0.15, -0.1) is 0 Å². The highest BCUT2D eigenvalue weighted by Crippen LogP contribution is 2.24. The smallest absolute Gasteiger partial charge is 0.120 e. The average molecular weight is 143 g/mol. The van der Waals surface area contributed by atoms with Crippen LogP contribution in [0.5, 0.6) is 0 Å². The van der Waals surface area contributed by atoms with Gasteiger partial charge in [0.2, 0.25) is 0 Å². The molecule has 1 aliphatic carbocycles. The van der Waals surface area contributed by atoms with Crippen LogP contribution in [0.4, 0.5) is 0 Å². The number of hydrogen-bond acceptors (Lipinski definition) is 3. The van der Waals surface area contributed by atoms with Gasteiger partial charge < -0.3 is 10.0 Å². The molecule has 1 rings (SSSR count). The van der Waals surface area contributed by atoms with E-state index in [0.29, 0.717) is 19.0 Å². The Labute approximate surface area is 60.6 Å². The first-order chi connectivity index (χ1) is 4.84. The second kappa shape index (κ2) is 3.68. The third kappa shape index (κ3) is 2.45. The van der Waals surface area contributed by atoms with Crippen molar-refractivity contribution in [2.24, 2.45) is 0 Å². The lowest BCUT2D eigenvalue weighted by atomic mass is 10.3. The minimum absolute atomic E-state index is 0.395. The van der Waals surface area contributed by atoms with Gasteiger partial charge in [-0.2, -0.15) is 5.06 Å². The summed E-state index contributed by atoms with van der Waals surface area (Å²) < 4.78 is 0. The van der Waals surface area contributed by atoms with Gasteiger partial charge in [0.15, 0.2) is 0 Å². The van der Waals surface area contributed by atoms with Crippen LogP contribution in [0.1, 0.15) is 25.7 Å². The standard InChI is InChI=1S/C7H13NO2/c9-6-2-1-5-8(10)7-3-4-7/h6-7,10H,1-5H2. The van der Waals surface area contributed by atoms with Crippen molar-refractivity contribution in [3.8, 4) is 0 Å². The summed E-state index contributed by atoms with van der Waals surface area (Å²) in [5.41, 5.74) is 0. The van der Waals surface area contributed by atoms with Crippen molar-refractivity contribution in [1.29, 1.82) is 0 Å². The van der Waals surface area contributed by atoms with Gasteiger partial charge in [0.25, 0.3) is 0 Å². The Hall–Kier alpha value is -0.410. The normalized spacial score (nSPS) is 17.8. The van der Waals surface area contributed by atoms with E-state index in [2.05, 4.69) is 0 Å². The fourth-order valence-electron chi connectivity index (χ4n) is 0.892. The fourth-order valence-corrected chi connectivity index (χ4v) is 0.892. The first kappa shape index (κ1) is 7.69. The Kier molecular flexibility index (Phi) is 2.83. The van der Waals surface area contributed by atoms with Crippen molar-refractivity contribution >= 4 is 6.29 Å². The quantitative estimate of drug-likeness (QED) is 0.352. The number of hydroxylamine groups is 2. The Morgan fingerprint density at radius 2 is 2.30 bits per heavy atom. The van der Waals surface area contributed by atoms with Crippen LogP contribution in [0.3, 0.4) is 0 Å². The molecule has 0 unspecified atom stereocenters. The van der Waals surface area contributed by atoms with Crippen molar-refractivity contribution in [3.63, 3.8) is 0 Å². The lowest BCUT2D eigenvalue weighted by Gasteiger charge is -2.11. The van der Waals surface area contributed by atoms with E-state index in [1.165, 1.54) is 5.06 Å². The second-order valence-corrected chi connectivity index (χ2v) is 2.70. The van der Waals surface area contributed by atoms with Crippen LogP contribution in [-0.4, -0.2) is 29.1 Å². The highest BCUT2D eigenvalue weighted by Gasteiger charge is 2.27. The van der Waals surface area contributed by atoms with Crippen LogP contribution < -0.4 is 0 Å². The molecule has 0 saturated heterocycles. The number of hydrogen-bond donors (Lipinski definition) is 1. The number of nitrogens with zero attached hydrogens (tertiary/aromatic N) is 1. The molecule has 1 saturated carbocycles. The predicted molar refractivity (Wildman–Crippen MR) is 36.8 cm³/mol. The number of carbonyl (C=O) groups excluding carboxylic acids is 1. The third-order valence-corrected chi connectivity index (χ3v) is 1.68. The summed E-state index contributed by atoms with van der Waals surface area (Å²) in [7, 11) is 0. The van der Waals surface area contributed by atoms with Gasteiger partial charge >= 0.3 is 0 Å². The van der Waals surface area contributed by atoms with Gasteiger partial charge in [0, 0.05) is 19.0 Å². The molecule has 0 radical (unpaired) electrons. The summed E-state index contributed by atoms with van der Waals surface area (Å²) in [6.45, 7) is 0.642. The highest BCUT2D eigenvalue weighted by molar-refractivity contribution is 5.48. The molecular formula is C7H13NO2. The number of aldehydes is 1. The monoisotopic (exact) mass is 143 g/mol. The van der Waals surface area contributed by atoms with Crippen LogP contribution in [0.15, 0.2) is 0 Å². The molecule has 58 valence electrons. The van der Waals surface area contributed by atoms with Gasteiger partial charge in [-0.1, -0.05) is 0 Å². The number of rotatable bonds is 5. The molecule has 0 atom stereocenters. The molecule has 0 aromatic carbocycles. The zero-order valence-electron chi connectivity index (χ0n) is 5.99. The average Bonchev–Trinajstić information content (AvgIpc) is 2.69. The first-order valence-electron chi connectivity index (χ1n) is 3.73. The van der Waals surface area contributed by atoms with Gasteiger partial charge in [0.05, 0.1) is 0 Å². The fraction of sp³-hybridized carbons (Fsp3) is 0.857. The molecule has 1 N–H and O–H groups in total. The third-order valence-electron chi connectivity index (χ3n) is 1.68. The van der Waals surface area contributed by atoms with E-state index in [0.717, 1.165) is 25.5 Å². The van der Waals surface area contributed by atoms with E-state index in [1.807, 2.05) is 0 Å². The summed E-state index contributed by atoms with van der Waals surface area (Å²) >= 11 is 0. The second-order valence-electron chi connectivity index (χ2n) is 2.70. The summed E-state index contributed by atoms with van der Waals surface area (Å²) in [6.07, 6.45) is 4.44. The van der Waals surface area contributed by atoms with E-state index in [1.54, 1.807) is 0 Å². The zero-order valence-corrected chi connectivity index (χ0v) is 5.99. The van der Waals surface area contributed by atoms with Crippen LogP contribution in [0, 0.1) is 0 Å². The largest absolute Gasteiger partial charge is 0.314 e. The molecule has 3 nitrogen and oxygen atoms in total. The van der Waals surface area contributed by atoms with Crippen LogP contribution in [-0.2, 0) is 4.79 Å². The maximum Gasteiger partial charge on any atom is 0.120 e. The molecule has 0 aromatic rings. The number of carbonyl (C=O) groups is 1. The number of unbranched alkanes of at least 4 members (excludes halogenated alkanes) is 1. The molecule has 0 heterocycles. The topological polar surface area (TPSA) is 40.5 Å². The van der Waals surface area contributed by atoms with E-state index >= 15 is 0 Å². The molecule has 0 bridgehead atoms. The first-order valence-corrected chi connectivity index (χ1v) is 3.73. The molecule has 0 aliphatic heterocycles. The van der Waals surface area contributed by atoms with Crippen molar-refractivity contribution in [3.05, 3.63) is 0 Å². The Bertz CT molecular complexity index is 112. The van der Waals surface area contributed by atoms with Crippen molar-refractivity contribution in [2.75, 3.05) is 6.54 Å². The van der Waals surface area contributed by atoms with Gasteiger partial charge in [-0.05, 0) is 19.3 Å². The molecule has 0 spiro atoms. The summed E-state index contributed by atoms with van der Waals surface area (Å²) in [5.74, 6) is 0. The molecule has 3 heteroatoms. The lowest BCUT2D eigenvalue weighted by Crippen LogP contribution is -2.22. The lowest BCUT2D eigenvalue weighted by molar-refractivity contribution is -0.111. The van der Waals surface area contributed by atoms with Crippen molar-refractivity contribution in [2.45, 2.75) is 31.7 Å². The van der Waals surface area contributed by atoms with E-state index in [9.17, 15) is 4.79 Å². The van der Waals surface area contributed by atoms with Crippen LogP contribution >= 0.6 is 0 Å². The Morgan fingerprint density at radius 3 is 2.80 bits per heavy atom. The summed E-state index contributed by atoms with van der Waals surface area (Å²) in [5, 5.41) is 10.5. The molecule has 0 amide bonds. The van der Waals surface area contributed by atoms with E-state index in [4.69, 9.17) is 5.21 Å². The molecule has 1 aliphatic rings. The molecule has 0 aromatic heterocycles. The highest BCUT2D eigenvalue weighted by atomic mass is 16.5. The minimum atomic E-state index is 0.395. The molecule has 10 heavy (non-hydrogen) atoms.